The fourth-order valence-electron chi connectivity index (χ4n) is 5.87. The highest BCUT2D eigenvalue weighted by molar-refractivity contribution is 5.90. The van der Waals surface area contributed by atoms with Crippen molar-refractivity contribution < 1.29 is 4.74 Å². The van der Waals surface area contributed by atoms with Crippen LogP contribution in [0.4, 0.5) is 5.69 Å². The molecule has 206 valence electrons. The minimum Gasteiger partial charge on any atom is -0.464 e. The first-order valence-corrected chi connectivity index (χ1v) is 14.2. The van der Waals surface area contributed by atoms with Crippen LogP contribution >= 0.6 is 0 Å². The van der Waals surface area contributed by atoms with E-state index in [1.165, 1.54) is 18.4 Å². The van der Waals surface area contributed by atoms with Crippen molar-refractivity contribution in [1.29, 1.82) is 0 Å². The summed E-state index contributed by atoms with van der Waals surface area (Å²) in [4.78, 5) is 20.7. The molecule has 2 aliphatic heterocycles. The van der Waals surface area contributed by atoms with Crippen LogP contribution in [-0.2, 0) is 6.54 Å². The Labute approximate surface area is 236 Å². The van der Waals surface area contributed by atoms with Gasteiger partial charge in [0.15, 0.2) is 11.3 Å². The summed E-state index contributed by atoms with van der Waals surface area (Å²) in [5, 5.41) is 0. The summed E-state index contributed by atoms with van der Waals surface area (Å²) in [5.41, 5.74) is 6.53. The van der Waals surface area contributed by atoms with Crippen LogP contribution in [0.25, 0.3) is 32.9 Å². The van der Waals surface area contributed by atoms with Gasteiger partial charge in [0.05, 0.1) is 24.4 Å². The van der Waals surface area contributed by atoms with E-state index in [1.807, 2.05) is 41.1 Å². The molecule has 0 unspecified atom stereocenters. The van der Waals surface area contributed by atoms with Crippen molar-refractivity contribution in [2.24, 2.45) is 5.92 Å². The first-order chi connectivity index (χ1) is 19.6. The van der Waals surface area contributed by atoms with Gasteiger partial charge in [-0.05, 0) is 50.2 Å². The molecule has 2 aromatic heterocycles. The smallest absolute Gasteiger partial charge is 0.302 e. The molecule has 2 saturated heterocycles. The zero-order valence-corrected chi connectivity index (χ0v) is 23.5. The van der Waals surface area contributed by atoms with Crippen molar-refractivity contribution in [1.82, 2.24) is 29.1 Å². The van der Waals surface area contributed by atoms with Crippen molar-refractivity contribution in [3.8, 4) is 28.4 Å². The molecular weight excluding hydrogens is 498 g/mol. The van der Waals surface area contributed by atoms with E-state index in [-0.39, 0.29) is 0 Å². The molecule has 0 N–H and O–H groups in total. The molecule has 2 aromatic carbocycles. The normalized spacial score (nSPS) is 19.1. The summed E-state index contributed by atoms with van der Waals surface area (Å²) < 4.78 is 8.37. The van der Waals surface area contributed by atoms with E-state index in [9.17, 15) is 0 Å². The number of ether oxygens (including phenoxy) is 1. The molecule has 0 spiro atoms. The summed E-state index contributed by atoms with van der Waals surface area (Å²) in [5.74, 6) is 0.480. The van der Waals surface area contributed by atoms with Crippen molar-refractivity contribution in [2.75, 3.05) is 60.0 Å². The van der Waals surface area contributed by atoms with E-state index in [4.69, 9.17) is 21.3 Å². The molecule has 2 aliphatic rings. The standard InChI is InChI=1S/C32H37N7O/c1-33-28-12-10-27(11-13-28)30-29(26-8-6-24(7-9-26)22-38-19-17-36(2)18-20-38)31-34-14-16-39(31)32(35-30)40-23-25-5-4-15-37(3)21-25/h6-14,16,25H,4-5,15,17-23H2,2-3H3/t25-/m1/s1. The topological polar surface area (TPSA) is 53.5 Å². The monoisotopic (exact) mass is 535 g/mol. The average Bonchev–Trinajstić information content (AvgIpc) is 3.48. The van der Waals surface area contributed by atoms with E-state index >= 15 is 0 Å². The Hall–Kier alpha value is -3.77. The minimum atomic E-state index is 0.480. The second kappa shape index (κ2) is 11.8. The number of hydrogen-bond donors (Lipinski definition) is 0. The van der Waals surface area contributed by atoms with Crippen molar-refractivity contribution in [3.63, 3.8) is 0 Å². The maximum atomic E-state index is 7.37. The molecule has 2 fully saturated rings. The lowest BCUT2D eigenvalue weighted by molar-refractivity contribution is 0.143. The maximum absolute atomic E-state index is 7.37. The zero-order chi connectivity index (χ0) is 27.5. The SMILES string of the molecule is [C-]#[N+]c1ccc(-c2nc(OC[C@@H]3CCCN(C)C3)n3ccnc3c2-c2ccc(CN3CCN(C)CC3)cc2)cc1. The molecule has 0 aliphatic carbocycles. The first kappa shape index (κ1) is 26.5. The summed E-state index contributed by atoms with van der Waals surface area (Å²) in [6.07, 6.45) is 6.11. The van der Waals surface area contributed by atoms with Gasteiger partial charge in [0.1, 0.15) is 0 Å². The number of aromatic nitrogens is 3. The molecule has 8 nitrogen and oxygen atoms in total. The number of likely N-dealkylation sites (tertiary alicyclic amines) is 1. The number of benzene rings is 2. The summed E-state index contributed by atoms with van der Waals surface area (Å²) >= 11 is 0. The Morgan fingerprint density at radius 3 is 2.40 bits per heavy atom. The van der Waals surface area contributed by atoms with Crippen LogP contribution < -0.4 is 4.74 Å². The number of piperidine rings is 1. The second-order valence-electron chi connectivity index (χ2n) is 11.3. The number of imidazole rings is 1. The van der Waals surface area contributed by atoms with Crippen LogP contribution in [0.5, 0.6) is 6.01 Å². The first-order valence-electron chi connectivity index (χ1n) is 14.2. The lowest BCUT2D eigenvalue weighted by Crippen LogP contribution is -2.43. The summed E-state index contributed by atoms with van der Waals surface area (Å²) in [6.45, 7) is 15.6. The fraction of sp³-hybridized carbons (Fsp3) is 0.406. The minimum absolute atomic E-state index is 0.480. The zero-order valence-electron chi connectivity index (χ0n) is 23.5. The molecule has 6 rings (SSSR count). The molecule has 8 heteroatoms. The largest absolute Gasteiger partial charge is 0.464 e. The number of likely N-dealkylation sites (N-methyl/N-ethyl adjacent to an activating group) is 1. The quantitative estimate of drug-likeness (QED) is 0.308. The number of hydrogen-bond acceptors (Lipinski definition) is 6. The van der Waals surface area contributed by atoms with Gasteiger partial charge >= 0.3 is 6.01 Å². The number of fused-ring (bicyclic) bond motifs is 1. The highest BCUT2D eigenvalue weighted by Crippen LogP contribution is 2.37. The molecule has 0 bridgehead atoms. The Morgan fingerprint density at radius 1 is 0.925 bits per heavy atom. The van der Waals surface area contributed by atoms with Gasteiger partial charge in [-0.1, -0.05) is 48.5 Å². The van der Waals surface area contributed by atoms with Crippen LogP contribution in [0.1, 0.15) is 18.4 Å². The van der Waals surface area contributed by atoms with Gasteiger partial charge in [0, 0.05) is 57.6 Å². The number of piperazine rings is 1. The van der Waals surface area contributed by atoms with Gasteiger partial charge in [-0.15, -0.1) is 0 Å². The van der Waals surface area contributed by atoms with Crippen molar-refractivity contribution in [3.05, 3.63) is 77.9 Å². The number of nitrogens with zero attached hydrogens (tertiary/aromatic N) is 7. The highest BCUT2D eigenvalue weighted by Gasteiger charge is 2.22. The highest BCUT2D eigenvalue weighted by atomic mass is 16.5. The van der Waals surface area contributed by atoms with Crippen molar-refractivity contribution in [2.45, 2.75) is 19.4 Å². The van der Waals surface area contributed by atoms with Gasteiger partial charge < -0.3 is 14.5 Å². The molecular formula is C32H37N7O. The molecule has 0 amide bonds. The Kier molecular flexibility index (Phi) is 7.78. The predicted molar refractivity (Wildman–Crippen MR) is 159 cm³/mol. The van der Waals surface area contributed by atoms with E-state index in [0.717, 1.165) is 73.8 Å². The molecule has 4 heterocycles. The van der Waals surface area contributed by atoms with Crippen LogP contribution in [0.3, 0.4) is 0 Å². The van der Waals surface area contributed by atoms with E-state index in [1.54, 1.807) is 0 Å². The van der Waals surface area contributed by atoms with Crippen molar-refractivity contribution >= 4 is 11.3 Å². The summed E-state index contributed by atoms with van der Waals surface area (Å²) in [7, 11) is 4.36. The van der Waals surface area contributed by atoms with E-state index < -0.39 is 0 Å². The lowest BCUT2D eigenvalue weighted by atomic mass is 9.98. The van der Waals surface area contributed by atoms with Gasteiger partial charge in [0.25, 0.3) is 0 Å². The molecule has 0 radical (unpaired) electrons. The van der Waals surface area contributed by atoms with E-state index in [0.29, 0.717) is 24.2 Å². The number of rotatable bonds is 7. The second-order valence-corrected chi connectivity index (χ2v) is 11.3. The predicted octanol–water partition coefficient (Wildman–Crippen LogP) is 5.08. The Bertz CT molecular complexity index is 1480. The maximum Gasteiger partial charge on any atom is 0.302 e. The van der Waals surface area contributed by atoms with Crippen LogP contribution in [-0.4, -0.2) is 89.0 Å². The van der Waals surface area contributed by atoms with Gasteiger partial charge in [-0.2, -0.15) is 4.98 Å². The molecule has 0 saturated carbocycles. The third kappa shape index (κ3) is 5.73. The van der Waals surface area contributed by atoms with Crippen LogP contribution in [0.2, 0.25) is 0 Å². The molecule has 1 atom stereocenters. The van der Waals surface area contributed by atoms with Gasteiger partial charge in [0.2, 0.25) is 0 Å². The third-order valence-corrected chi connectivity index (χ3v) is 8.20. The van der Waals surface area contributed by atoms with Gasteiger partial charge in [-0.25, -0.2) is 9.83 Å². The molecule has 4 aromatic rings. The Balaban J connectivity index is 1.35. The summed E-state index contributed by atoms with van der Waals surface area (Å²) in [6, 6.07) is 17.0. The third-order valence-electron chi connectivity index (χ3n) is 8.20. The lowest BCUT2D eigenvalue weighted by Gasteiger charge is -2.32. The fourth-order valence-corrected chi connectivity index (χ4v) is 5.87. The van der Waals surface area contributed by atoms with E-state index in [2.05, 4.69) is 57.9 Å². The van der Waals surface area contributed by atoms with Crippen LogP contribution in [0.15, 0.2) is 60.9 Å². The van der Waals surface area contributed by atoms with Gasteiger partial charge in [-0.3, -0.25) is 9.30 Å². The molecule has 40 heavy (non-hydrogen) atoms. The Morgan fingerprint density at radius 2 is 1.68 bits per heavy atom. The van der Waals surface area contributed by atoms with Crippen LogP contribution in [0, 0.1) is 12.5 Å². The average molecular weight is 536 g/mol.